The van der Waals surface area contributed by atoms with Crippen molar-refractivity contribution in [3.8, 4) is 0 Å². The molecular weight excluding hydrogens is 700 g/mol. The quantitative estimate of drug-likeness (QED) is 0.0539. The van der Waals surface area contributed by atoms with Gasteiger partial charge >= 0.3 is 11.9 Å². The summed E-state index contributed by atoms with van der Waals surface area (Å²) >= 11 is 0. The molecule has 0 unspecified atom stereocenters. The van der Waals surface area contributed by atoms with Crippen LogP contribution in [0.5, 0.6) is 0 Å². The van der Waals surface area contributed by atoms with Gasteiger partial charge in [-0.05, 0) is 12.3 Å². The third-order valence-electron chi connectivity index (χ3n) is 10.8. The van der Waals surface area contributed by atoms with E-state index in [0.717, 1.165) is 6.26 Å². The van der Waals surface area contributed by atoms with Crippen LogP contribution in [-0.2, 0) is 52.3 Å². The number of ether oxygens (including phenoxy) is 8. The van der Waals surface area contributed by atoms with Gasteiger partial charge in [-0.25, -0.2) is 4.79 Å². The van der Waals surface area contributed by atoms with E-state index in [-0.39, 0.29) is 25.0 Å². The molecule has 4 heterocycles. The topological polar surface area (TPSA) is 287 Å². The zero-order chi connectivity index (χ0) is 38.0. The monoisotopic (exact) mass is 748 g/mol. The number of aliphatic hydroxyl groups excluding tert-OH is 8. The highest BCUT2D eigenvalue weighted by atomic mass is 16.8. The van der Waals surface area contributed by atoms with Crippen LogP contribution in [0.4, 0.5) is 0 Å². The van der Waals surface area contributed by atoms with E-state index in [1.165, 1.54) is 13.2 Å². The molecular formula is C33H48O19. The average molecular weight is 749 g/mol. The molecule has 19 heteroatoms. The fourth-order valence-corrected chi connectivity index (χ4v) is 7.78. The van der Waals surface area contributed by atoms with Crippen molar-refractivity contribution in [2.45, 2.75) is 99.9 Å². The lowest BCUT2D eigenvalue weighted by atomic mass is 9.77. The Balaban J connectivity index is 1.31. The van der Waals surface area contributed by atoms with Gasteiger partial charge in [-0.2, -0.15) is 0 Å². The molecule has 8 N–H and O–H groups in total. The molecule has 19 atom stereocenters. The second-order valence-electron chi connectivity index (χ2n) is 13.7. The molecule has 0 bridgehead atoms. The first-order valence-electron chi connectivity index (χ1n) is 17.1. The van der Waals surface area contributed by atoms with Crippen LogP contribution in [0.15, 0.2) is 24.5 Å². The molecule has 52 heavy (non-hydrogen) atoms. The lowest BCUT2D eigenvalue weighted by Gasteiger charge is -2.44. The van der Waals surface area contributed by atoms with E-state index in [4.69, 9.17) is 37.9 Å². The molecule has 0 aromatic heterocycles. The summed E-state index contributed by atoms with van der Waals surface area (Å²) in [5.41, 5.74) is 0.131. The second-order valence-corrected chi connectivity index (χ2v) is 13.7. The van der Waals surface area contributed by atoms with Crippen molar-refractivity contribution in [1.82, 2.24) is 0 Å². The van der Waals surface area contributed by atoms with E-state index in [1.807, 2.05) is 0 Å². The summed E-state index contributed by atoms with van der Waals surface area (Å²) in [7, 11) is 1.19. The Morgan fingerprint density at radius 2 is 1.46 bits per heavy atom. The predicted molar refractivity (Wildman–Crippen MR) is 166 cm³/mol. The van der Waals surface area contributed by atoms with Crippen molar-refractivity contribution in [2.24, 2.45) is 35.5 Å². The minimum Gasteiger partial charge on any atom is -0.472 e. The van der Waals surface area contributed by atoms with Crippen LogP contribution in [-0.4, -0.2) is 166 Å². The number of hydrogen-bond donors (Lipinski definition) is 8. The summed E-state index contributed by atoms with van der Waals surface area (Å²) in [5, 5.41) is 80.9. The zero-order valence-electron chi connectivity index (χ0n) is 28.5. The molecule has 0 aromatic rings. The van der Waals surface area contributed by atoms with Crippen LogP contribution in [0.2, 0.25) is 0 Å². The number of rotatable bonds is 12. The Morgan fingerprint density at radius 1 is 0.885 bits per heavy atom. The van der Waals surface area contributed by atoms with Gasteiger partial charge in [0.05, 0.1) is 44.7 Å². The molecule has 0 aromatic carbocycles. The summed E-state index contributed by atoms with van der Waals surface area (Å²) in [6.07, 6.45) is -15.9. The Labute approximate surface area is 298 Å². The van der Waals surface area contributed by atoms with Gasteiger partial charge in [-0.3, -0.25) is 4.79 Å². The number of hydrogen-bond acceptors (Lipinski definition) is 19. The molecule has 0 amide bonds. The number of aldehydes is 1. The van der Waals surface area contributed by atoms with Gasteiger partial charge in [0, 0.05) is 30.1 Å². The van der Waals surface area contributed by atoms with Crippen LogP contribution in [0.1, 0.15) is 19.8 Å². The number of methoxy groups -OCH3 is 1. The fraction of sp³-hybridized carbons (Fsp3) is 0.788. The van der Waals surface area contributed by atoms with E-state index < -0.39 is 141 Å². The molecule has 1 aliphatic carbocycles. The van der Waals surface area contributed by atoms with Crippen LogP contribution < -0.4 is 0 Å². The smallest absolute Gasteiger partial charge is 0.337 e. The van der Waals surface area contributed by atoms with E-state index in [0.29, 0.717) is 6.29 Å². The average Bonchev–Trinajstić information content (AvgIpc) is 3.47. The van der Waals surface area contributed by atoms with Gasteiger partial charge in [0.25, 0.3) is 0 Å². The molecule has 0 radical (unpaired) electrons. The third-order valence-corrected chi connectivity index (χ3v) is 10.8. The van der Waals surface area contributed by atoms with E-state index in [1.54, 1.807) is 6.92 Å². The molecule has 294 valence electrons. The molecule has 0 spiro atoms. The minimum atomic E-state index is -1.73. The summed E-state index contributed by atoms with van der Waals surface area (Å²) < 4.78 is 45.2. The molecule has 19 nitrogen and oxygen atoms in total. The van der Waals surface area contributed by atoms with Crippen molar-refractivity contribution in [2.75, 3.05) is 26.9 Å². The SMILES string of the molecule is C=C[C@H]1[C@H](O[C@H]2O[C@@H](CO)[C@H](O)[C@@H](O)[C@@H]2O)OC[C@H](C(=O)O[C@H]2C[C@@H]3C(C(=O)OC)=CO[C@@H](O[C@H]4O[C@@H](CO)[C@H](O)[C@@H](O)[C@@H]4O)[C@@H]3[C@H]2C)[C@H]1CC=O. The lowest BCUT2D eigenvalue weighted by molar-refractivity contribution is -0.351. The number of carbonyl (C=O) groups excluding carboxylic acids is 3. The van der Waals surface area contributed by atoms with Gasteiger partial charge in [0.1, 0.15) is 61.2 Å². The first kappa shape index (κ1) is 40.6. The fourth-order valence-electron chi connectivity index (χ4n) is 7.78. The zero-order valence-corrected chi connectivity index (χ0v) is 28.5. The summed E-state index contributed by atoms with van der Waals surface area (Å²) in [4.78, 5) is 38.4. The number of esters is 2. The molecule has 3 saturated heterocycles. The second kappa shape index (κ2) is 17.2. The third kappa shape index (κ3) is 7.79. The van der Waals surface area contributed by atoms with E-state index in [9.17, 15) is 55.2 Å². The van der Waals surface area contributed by atoms with Crippen molar-refractivity contribution in [3.05, 3.63) is 24.5 Å². The lowest BCUT2D eigenvalue weighted by Crippen LogP contribution is -2.60. The predicted octanol–water partition coefficient (Wildman–Crippen LogP) is -3.80. The Morgan fingerprint density at radius 3 is 1.98 bits per heavy atom. The maximum Gasteiger partial charge on any atom is 0.337 e. The van der Waals surface area contributed by atoms with Gasteiger partial charge in [-0.15, -0.1) is 6.58 Å². The van der Waals surface area contributed by atoms with Crippen molar-refractivity contribution < 1.29 is 93.1 Å². The highest BCUT2D eigenvalue weighted by Crippen LogP contribution is 2.49. The van der Waals surface area contributed by atoms with Crippen molar-refractivity contribution in [3.63, 3.8) is 0 Å². The van der Waals surface area contributed by atoms with Crippen LogP contribution >= 0.6 is 0 Å². The van der Waals surface area contributed by atoms with Crippen LogP contribution in [0, 0.1) is 35.5 Å². The molecule has 5 rings (SSSR count). The number of aliphatic hydroxyl groups is 8. The minimum absolute atomic E-state index is 0.107. The first-order valence-corrected chi connectivity index (χ1v) is 17.1. The maximum absolute atomic E-state index is 13.9. The van der Waals surface area contributed by atoms with Gasteiger partial charge < -0.3 is 83.5 Å². The molecule has 5 aliphatic rings. The number of fused-ring (bicyclic) bond motifs is 1. The highest BCUT2D eigenvalue weighted by molar-refractivity contribution is 5.89. The largest absolute Gasteiger partial charge is 0.472 e. The van der Waals surface area contributed by atoms with E-state index >= 15 is 0 Å². The van der Waals surface area contributed by atoms with Crippen LogP contribution in [0.3, 0.4) is 0 Å². The maximum atomic E-state index is 13.9. The van der Waals surface area contributed by atoms with Crippen LogP contribution in [0.25, 0.3) is 0 Å². The first-order chi connectivity index (χ1) is 24.8. The number of carbonyl (C=O) groups is 3. The molecule has 1 saturated carbocycles. The van der Waals surface area contributed by atoms with Crippen molar-refractivity contribution in [1.29, 1.82) is 0 Å². The van der Waals surface area contributed by atoms with Gasteiger partial charge in [0.15, 0.2) is 18.9 Å². The Kier molecular flexibility index (Phi) is 13.4. The standard InChI is InChI=1S/C33H48O19/c1-4-13-14(5-6-34)16(10-46-30(13)51-32-26(41)24(39)22(37)19(8-35)49-32)29(44)48-18-7-15-17(28(43)45-3)11-47-31(21(15)12(18)2)52-33-27(42)25(40)23(38)20(9-36)50-33/h4,6,11-16,18-27,30-33,35-42H,1,5,7-10H2,2-3H3/t12-,13+,14-,15+,16-,18-,19-,20-,21+,22-,23-,24+,25+,26-,27-,30-,31-,32+,33+/m0/s1. The molecule has 4 aliphatic heterocycles. The summed E-state index contributed by atoms with van der Waals surface area (Å²) in [5.74, 6) is -5.99. The molecule has 4 fully saturated rings. The highest BCUT2D eigenvalue weighted by Gasteiger charge is 2.56. The Hall–Kier alpha value is -2.63. The summed E-state index contributed by atoms with van der Waals surface area (Å²) in [6.45, 7) is 3.84. The van der Waals surface area contributed by atoms with Gasteiger partial charge in [-0.1, -0.05) is 13.0 Å². The summed E-state index contributed by atoms with van der Waals surface area (Å²) in [6, 6.07) is 0. The Bertz CT molecular complexity index is 1290. The normalized spacial score (nSPS) is 46.3. The van der Waals surface area contributed by atoms with Gasteiger partial charge in [0.2, 0.25) is 6.29 Å². The van der Waals surface area contributed by atoms with Crippen molar-refractivity contribution >= 4 is 18.2 Å². The van der Waals surface area contributed by atoms with E-state index in [2.05, 4.69) is 6.58 Å².